The Balaban J connectivity index is 2.47. The topological polar surface area (TPSA) is 114 Å². The molecule has 0 radical (unpaired) electrons. The van der Waals surface area contributed by atoms with E-state index in [0.717, 1.165) is 11.8 Å². The van der Waals surface area contributed by atoms with Gasteiger partial charge in [0, 0.05) is 16.6 Å². The van der Waals surface area contributed by atoms with E-state index in [9.17, 15) is 9.59 Å². The maximum absolute atomic E-state index is 11.6. The van der Waals surface area contributed by atoms with Crippen LogP contribution in [0.15, 0.2) is 33.0 Å². The quantitative estimate of drug-likeness (QED) is 0.738. The highest BCUT2D eigenvalue weighted by Crippen LogP contribution is 2.31. The largest absolute Gasteiger partial charge is 0.478 e. The van der Waals surface area contributed by atoms with Gasteiger partial charge in [-0.1, -0.05) is 0 Å². The van der Waals surface area contributed by atoms with Gasteiger partial charge in [0.1, 0.15) is 0 Å². The molecule has 0 fully saturated rings. The van der Waals surface area contributed by atoms with Crippen molar-refractivity contribution in [2.24, 2.45) is 0 Å². The van der Waals surface area contributed by atoms with Gasteiger partial charge in [0.05, 0.1) is 5.56 Å². The Hall–Kier alpha value is -2.22. The minimum absolute atomic E-state index is 0.0851. The molecular formula is C12H14N4O3S. The van der Waals surface area contributed by atoms with Crippen LogP contribution in [0.5, 0.6) is 0 Å². The van der Waals surface area contributed by atoms with E-state index in [4.69, 9.17) is 10.8 Å². The Labute approximate surface area is 118 Å². The molecule has 0 amide bonds. The van der Waals surface area contributed by atoms with Gasteiger partial charge in [-0.05, 0) is 43.8 Å². The molecule has 4 N–H and O–H groups in total. The van der Waals surface area contributed by atoms with E-state index in [2.05, 4.69) is 10.2 Å². The molecule has 1 aromatic heterocycles. The summed E-state index contributed by atoms with van der Waals surface area (Å²) >= 11 is 1.09. The van der Waals surface area contributed by atoms with Gasteiger partial charge < -0.3 is 10.8 Å². The number of carbonyl (C=O) groups is 1. The van der Waals surface area contributed by atoms with Gasteiger partial charge in [-0.15, -0.1) is 5.10 Å². The van der Waals surface area contributed by atoms with E-state index < -0.39 is 5.97 Å². The van der Waals surface area contributed by atoms with Crippen LogP contribution in [-0.4, -0.2) is 25.8 Å². The van der Waals surface area contributed by atoms with Gasteiger partial charge in [0.2, 0.25) is 0 Å². The number of hydrogen-bond donors (Lipinski definition) is 3. The predicted molar refractivity (Wildman–Crippen MR) is 75.2 cm³/mol. The third-order valence-corrected chi connectivity index (χ3v) is 3.65. The summed E-state index contributed by atoms with van der Waals surface area (Å²) in [4.78, 5) is 23.3. The molecule has 0 aliphatic carbocycles. The Morgan fingerprint density at radius 1 is 1.50 bits per heavy atom. The van der Waals surface area contributed by atoms with Crippen molar-refractivity contribution in [2.75, 3.05) is 5.73 Å². The van der Waals surface area contributed by atoms with E-state index in [-0.39, 0.29) is 17.3 Å². The molecule has 0 aliphatic rings. The molecule has 2 aromatic rings. The predicted octanol–water partition coefficient (Wildman–Crippen LogP) is 1.58. The van der Waals surface area contributed by atoms with E-state index >= 15 is 0 Å². The molecule has 8 heteroatoms. The number of anilines is 1. The molecule has 1 heterocycles. The molecule has 106 valence electrons. The summed E-state index contributed by atoms with van der Waals surface area (Å²) in [6.07, 6.45) is 0. The Bertz CT molecular complexity index is 705. The first-order chi connectivity index (χ1) is 9.40. The van der Waals surface area contributed by atoms with Gasteiger partial charge in [-0.3, -0.25) is 4.57 Å². The van der Waals surface area contributed by atoms with Crippen molar-refractivity contribution in [1.29, 1.82) is 0 Å². The first kappa shape index (κ1) is 14.2. The molecule has 0 aliphatic heterocycles. The van der Waals surface area contributed by atoms with Crippen molar-refractivity contribution in [3.05, 3.63) is 34.2 Å². The van der Waals surface area contributed by atoms with E-state index in [0.29, 0.717) is 15.7 Å². The van der Waals surface area contributed by atoms with Crippen LogP contribution >= 0.6 is 11.8 Å². The highest BCUT2D eigenvalue weighted by Gasteiger charge is 2.17. The number of aromatic amines is 1. The monoisotopic (exact) mass is 294 g/mol. The third-order valence-electron chi connectivity index (χ3n) is 2.63. The van der Waals surface area contributed by atoms with Crippen LogP contribution in [0, 0.1) is 0 Å². The zero-order valence-corrected chi connectivity index (χ0v) is 11.8. The molecular weight excluding hydrogens is 280 g/mol. The van der Waals surface area contributed by atoms with Gasteiger partial charge in [-0.25, -0.2) is 14.7 Å². The number of hydrogen-bond acceptors (Lipinski definition) is 5. The smallest absolute Gasteiger partial charge is 0.344 e. The number of carboxylic acid groups (broad SMARTS) is 1. The second-order valence-electron chi connectivity index (χ2n) is 4.44. The Kier molecular flexibility index (Phi) is 3.84. The van der Waals surface area contributed by atoms with Crippen LogP contribution in [0.1, 0.15) is 30.2 Å². The number of aromatic carboxylic acids is 1. The summed E-state index contributed by atoms with van der Waals surface area (Å²) in [5, 5.41) is 15.8. The second kappa shape index (κ2) is 5.41. The molecule has 1 aromatic carbocycles. The normalized spacial score (nSPS) is 10.9. The number of nitrogens with one attached hydrogen (secondary N) is 1. The SMILES string of the molecule is CC(C)n1c(Sc2cc(N)ccc2C(=O)O)n[nH]c1=O. The molecule has 20 heavy (non-hydrogen) atoms. The number of H-pyrrole nitrogens is 1. The van der Waals surface area contributed by atoms with Crippen LogP contribution in [0.25, 0.3) is 0 Å². The maximum atomic E-state index is 11.6. The van der Waals surface area contributed by atoms with Gasteiger partial charge in [0.25, 0.3) is 0 Å². The number of aromatic nitrogens is 3. The highest BCUT2D eigenvalue weighted by molar-refractivity contribution is 7.99. The first-order valence-corrected chi connectivity index (χ1v) is 6.69. The minimum atomic E-state index is -1.05. The summed E-state index contributed by atoms with van der Waals surface area (Å²) in [7, 11) is 0. The van der Waals surface area contributed by atoms with Crippen molar-refractivity contribution in [2.45, 2.75) is 29.9 Å². The number of carboxylic acids is 1. The molecule has 0 bridgehead atoms. The summed E-state index contributed by atoms with van der Waals surface area (Å²) in [5.74, 6) is -1.05. The summed E-state index contributed by atoms with van der Waals surface area (Å²) in [6.45, 7) is 3.69. The fraction of sp³-hybridized carbons (Fsp3) is 0.250. The summed E-state index contributed by atoms with van der Waals surface area (Å²) in [5.41, 5.74) is 5.92. The van der Waals surface area contributed by atoms with Crippen molar-refractivity contribution in [3.63, 3.8) is 0 Å². The van der Waals surface area contributed by atoms with Crippen molar-refractivity contribution in [1.82, 2.24) is 14.8 Å². The maximum Gasteiger partial charge on any atom is 0.344 e. The lowest BCUT2D eigenvalue weighted by Crippen LogP contribution is -2.19. The van der Waals surface area contributed by atoms with E-state index in [1.165, 1.54) is 16.7 Å². The van der Waals surface area contributed by atoms with Crippen LogP contribution < -0.4 is 11.4 Å². The fourth-order valence-corrected chi connectivity index (χ4v) is 2.86. The van der Waals surface area contributed by atoms with E-state index in [1.807, 2.05) is 13.8 Å². The van der Waals surface area contributed by atoms with Gasteiger partial charge in [-0.2, -0.15) is 0 Å². The Morgan fingerprint density at radius 3 is 2.80 bits per heavy atom. The molecule has 0 atom stereocenters. The molecule has 0 saturated heterocycles. The Morgan fingerprint density at radius 2 is 2.20 bits per heavy atom. The number of nitrogen functional groups attached to an aromatic ring is 1. The standard InChI is InChI=1S/C12H14N4O3S/c1-6(2)16-11(19)14-15-12(16)20-9-5-7(13)3-4-8(9)10(17)18/h3-6H,13H2,1-2H3,(H,14,19)(H,17,18). The number of benzene rings is 1. The molecule has 0 spiro atoms. The lowest BCUT2D eigenvalue weighted by atomic mass is 10.2. The number of nitrogens with two attached hydrogens (primary N) is 1. The average Bonchev–Trinajstić information content (AvgIpc) is 2.70. The van der Waals surface area contributed by atoms with Gasteiger partial charge in [0.15, 0.2) is 5.16 Å². The zero-order valence-electron chi connectivity index (χ0n) is 11.0. The lowest BCUT2D eigenvalue weighted by Gasteiger charge is -2.10. The highest BCUT2D eigenvalue weighted by atomic mass is 32.2. The van der Waals surface area contributed by atoms with Crippen LogP contribution in [0.2, 0.25) is 0 Å². The average molecular weight is 294 g/mol. The van der Waals surface area contributed by atoms with Crippen LogP contribution in [-0.2, 0) is 0 Å². The van der Waals surface area contributed by atoms with E-state index in [1.54, 1.807) is 6.07 Å². The third kappa shape index (κ3) is 2.69. The molecule has 2 rings (SSSR count). The molecule has 0 unspecified atom stereocenters. The summed E-state index contributed by atoms with van der Waals surface area (Å²) < 4.78 is 1.46. The van der Waals surface area contributed by atoms with Crippen molar-refractivity contribution >= 4 is 23.4 Å². The van der Waals surface area contributed by atoms with Gasteiger partial charge >= 0.3 is 11.7 Å². The van der Waals surface area contributed by atoms with Crippen LogP contribution in [0.3, 0.4) is 0 Å². The number of rotatable bonds is 4. The van der Waals surface area contributed by atoms with Crippen molar-refractivity contribution in [3.8, 4) is 0 Å². The number of nitrogens with zero attached hydrogens (tertiary/aromatic N) is 2. The molecule has 0 saturated carbocycles. The summed E-state index contributed by atoms with van der Waals surface area (Å²) in [6, 6.07) is 4.42. The first-order valence-electron chi connectivity index (χ1n) is 5.87. The second-order valence-corrected chi connectivity index (χ2v) is 5.45. The fourth-order valence-electron chi connectivity index (χ4n) is 1.72. The van der Waals surface area contributed by atoms with Crippen LogP contribution in [0.4, 0.5) is 5.69 Å². The lowest BCUT2D eigenvalue weighted by molar-refractivity contribution is 0.0693. The minimum Gasteiger partial charge on any atom is -0.478 e. The van der Waals surface area contributed by atoms with Crippen molar-refractivity contribution < 1.29 is 9.90 Å². The molecule has 7 nitrogen and oxygen atoms in total. The zero-order chi connectivity index (χ0) is 14.9.